The zero-order valence-corrected chi connectivity index (χ0v) is 6.85. The Morgan fingerprint density at radius 3 is 2.08 bits per heavy atom. The largest absolute Gasteiger partial charge is 0.0980 e. The Bertz CT molecular complexity index is 223. The summed E-state index contributed by atoms with van der Waals surface area (Å²) in [6.45, 7) is 0. The third-order valence-corrected chi connectivity index (χ3v) is 1.63. The third kappa shape index (κ3) is 2.92. The second-order valence-corrected chi connectivity index (χ2v) is 2.73. The fourth-order valence-electron chi connectivity index (χ4n) is 0.897. The minimum absolute atomic E-state index is 0.285. The van der Waals surface area contributed by atoms with Crippen molar-refractivity contribution in [3.05, 3.63) is 30.3 Å². The highest BCUT2D eigenvalue weighted by Gasteiger charge is 2.11. The van der Waals surface area contributed by atoms with E-state index < -0.39 is 6.39 Å². The second kappa shape index (κ2) is 4.59. The van der Waals surface area contributed by atoms with Crippen molar-refractivity contribution in [2.75, 3.05) is 0 Å². The van der Waals surface area contributed by atoms with Crippen LogP contribution in [0, 0.1) is 0 Å². The maximum Gasteiger partial charge on any atom is 0.0956 e. The molecule has 1 aromatic rings. The van der Waals surface area contributed by atoms with Crippen molar-refractivity contribution in [1.29, 1.82) is 0 Å². The Kier molecular flexibility index (Phi) is 3.71. The van der Waals surface area contributed by atoms with Crippen molar-refractivity contribution < 1.29 is 0 Å². The van der Waals surface area contributed by atoms with Gasteiger partial charge in [0.25, 0.3) is 0 Å². The first-order valence-corrected chi connectivity index (χ1v) is 3.87. The van der Waals surface area contributed by atoms with Crippen LogP contribution in [0.5, 0.6) is 0 Å². The van der Waals surface area contributed by atoms with Crippen LogP contribution in [0.25, 0.3) is 0 Å². The molecule has 0 N–H and O–H groups in total. The van der Waals surface area contributed by atoms with Crippen molar-refractivity contribution in [1.82, 2.24) is 0 Å². The molecule has 0 nitrogen and oxygen atoms in total. The molecule has 6 heteroatoms. The van der Waals surface area contributed by atoms with Crippen molar-refractivity contribution in [3.8, 4) is 0 Å². The van der Waals surface area contributed by atoms with Gasteiger partial charge in [-0.15, -0.1) is 0 Å². The van der Waals surface area contributed by atoms with Gasteiger partial charge in [0.1, 0.15) is 0 Å². The highest BCUT2D eigenvalue weighted by Crippen LogP contribution is 1.83. The molecule has 0 heterocycles. The quantitative estimate of drug-likeness (QED) is 0.454. The molecule has 0 fully saturated rings. The van der Waals surface area contributed by atoms with Gasteiger partial charge in [-0.1, -0.05) is 35.8 Å². The van der Waals surface area contributed by atoms with E-state index in [1.165, 1.54) is 0 Å². The summed E-state index contributed by atoms with van der Waals surface area (Å²) in [7, 11) is 18.3. The van der Waals surface area contributed by atoms with Crippen LogP contribution in [0.15, 0.2) is 30.3 Å². The number of benzene rings is 1. The molecule has 0 amide bonds. The third-order valence-electron chi connectivity index (χ3n) is 1.63. The van der Waals surface area contributed by atoms with Gasteiger partial charge in [0.05, 0.1) is 7.17 Å². The molecule has 7 radical (unpaired) electrons. The van der Waals surface area contributed by atoms with Crippen molar-refractivity contribution in [2.24, 2.45) is 0 Å². The summed E-state index contributed by atoms with van der Waals surface area (Å²) < 4.78 is 0. The number of hydrogen-bond acceptors (Lipinski definition) is 0. The van der Waals surface area contributed by atoms with Crippen LogP contribution < -0.4 is 5.46 Å². The van der Waals surface area contributed by atoms with Crippen LogP contribution in [0.3, 0.4) is 0 Å². The first-order valence-electron chi connectivity index (χ1n) is 3.87. The van der Waals surface area contributed by atoms with E-state index in [1.54, 1.807) is 0 Å². The van der Waals surface area contributed by atoms with Gasteiger partial charge in [-0.3, -0.25) is 0 Å². The monoisotopic (exact) mass is 143 g/mol. The zero-order chi connectivity index (χ0) is 8.97. The highest BCUT2D eigenvalue weighted by molar-refractivity contribution is 7.79. The van der Waals surface area contributed by atoms with E-state index in [-0.39, 0.29) is 6.39 Å². The first-order chi connectivity index (χ1) is 5.70. The molecule has 0 atom stereocenters. The molecule has 0 unspecified atom stereocenters. The van der Waals surface area contributed by atoms with Crippen LogP contribution in [0.4, 0.5) is 0 Å². The molecule has 0 saturated heterocycles. The molecule has 0 bridgehead atoms. The molecule has 12 heavy (non-hydrogen) atoms. The molecule has 0 aliphatic carbocycles. The summed E-state index contributed by atoms with van der Waals surface area (Å²) in [5.41, 5.74) is 1.05. The predicted molar refractivity (Wildman–Crippen MR) is 60.6 cm³/mol. The minimum atomic E-state index is -0.495. The van der Waals surface area contributed by atoms with E-state index >= 15 is 0 Å². The van der Waals surface area contributed by atoms with Crippen molar-refractivity contribution >= 4 is 48.6 Å². The molecule has 1 aromatic carbocycles. The Balaban J connectivity index is 2.53. The van der Waals surface area contributed by atoms with E-state index in [1.807, 2.05) is 37.5 Å². The average molecular weight is 142 g/mol. The van der Waals surface area contributed by atoms with Crippen molar-refractivity contribution in [3.63, 3.8) is 0 Å². The number of hydrogen-bond donors (Lipinski definition) is 0. The topological polar surface area (TPSA) is 0 Å². The van der Waals surface area contributed by atoms with Gasteiger partial charge in [-0.05, 0) is 0 Å². The van der Waals surface area contributed by atoms with E-state index in [4.69, 9.17) is 23.2 Å². The summed E-state index contributed by atoms with van der Waals surface area (Å²) in [6.07, 6.45) is -0.780. The van der Waals surface area contributed by atoms with Crippen LogP contribution in [0.2, 0.25) is 0 Å². The fraction of sp³-hybridized carbons (Fsp3) is 0. The van der Waals surface area contributed by atoms with Crippen LogP contribution in [-0.2, 0) is 0 Å². The Morgan fingerprint density at radius 2 is 1.58 bits per heavy atom. The number of rotatable bonds is 3. The molecular formula is C6H5B6. The molecule has 0 aliphatic heterocycles. The summed E-state index contributed by atoms with van der Waals surface area (Å²) in [4.78, 5) is 0. The zero-order valence-electron chi connectivity index (χ0n) is 6.85. The van der Waals surface area contributed by atoms with Crippen LogP contribution in [0.1, 0.15) is 0 Å². The van der Waals surface area contributed by atoms with Crippen molar-refractivity contribution in [2.45, 2.75) is 0 Å². The SMILES string of the molecule is [B]B([B])B([B])[B]c1ccccc1. The maximum atomic E-state index is 5.64. The lowest BCUT2D eigenvalue weighted by molar-refractivity contribution is 1.77. The average Bonchev–Trinajstić information content (AvgIpc) is 2.06. The highest BCUT2D eigenvalue weighted by atomic mass is 13.7. The molecule has 0 saturated carbocycles. The van der Waals surface area contributed by atoms with E-state index in [0.29, 0.717) is 0 Å². The maximum absolute atomic E-state index is 5.64. The second-order valence-electron chi connectivity index (χ2n) is 2.73. The molecule has 1 rings (SSSR count). The molecule has 0 aliphatic rings. The lowest BCUT2D eigenvalue weighted by atomic mass is 8.78. The van der Waals surface area contributed by atoms with Gasteiger partial charge in [-0.2, -0.15) is 0 Å². The predicted octanol–water partition coefficient (Wildman–Crippen LogP) is -1.42. The van der Waals surface area contributed by atoms with Gasteiger partial charge in [0, 0.05) is 36.0 Å². The van der Waals surface area contributed by atoms with Gasteiger partial charge < -0.3 is 0 Å². The minimum Gasteiger partial charge on any atom is -0.0980 e. The normalized spacial score (nSPS) is 9.00. The molecule has 0 spiro atoms. The van der Waals surface area contributed by atoms with Crippen LogP contribution in [-0.4, -0.2) is 43.2 Å². The summed E-state index contributed by atoms with van der Waals surface area (Å²) in [5.74, 6) is 0. The summed E-state index contributed by atoms with van der Waals surface area (Å²) in [5, 5.41) is 0. The van der Waals surface area contributed by atoms with Gasteiger partial charge in [0.15, 0.2) is 0 Å². The molecule has 47 valence electrons. The summed E-state index contributed by atoms with van der Waals surface area (Å²) in [6, 6.07) is 9.76. The lowest BCUT2D eigenvalue weighted by Crippen LogP contribution is -2.47. The first kappa shape index (κ1) is 9.70. The molecular weight excluding hydrogens is 137 g/mol. The molecule has 0 aromatic heterocycles. The van der Waals surface area contributed by atoms with Gasteiger partial charge in [0.2, 0.25) is 0 Å². The van der Waals surface area contributed by atoms with E-state index in [0.717, 1.165) is 5.46 Å². The smallest absolute Gasteiger partial charge is 0.0956 e. The Hall–Kier alpha value is -0.390. The van der Waals surface area contributed by atoms with Gasteiger partial charge in [-0.25, -0.2) is 0 Å². The summed E-state index contributed by atoms with van der Waals surface area (Å²) >= 11 is 0. The Morgan fingerprint density at radius 1 is 1.00 bits per heavy atom. The Labute approximate surface area is 79.4 Å². The lowest BCUT2D eigenvalue weighted by Gasteiger charge is -2.10. The van der Waals surface area contributed by atoms with E-state index in [9.17, 15) is 0 Å². The fourth-order valence-corrected chi connectivity index (χ4v) is 0.897. The van der Waals surface area contributed by atoms with Crippen LogP contribution >= 0.6 is 0 Å². The van der Waals surface area contributed by atoms with E-state index in [2.05, 4.69) is 0 Å². The van der Waals surface area contributed by atoms with Gasteiger partial charge >= 0.3 is 0 Å². The standard InChI is InChI=1S/C6H5B6/c7-11(8)12(9)10-6-4-2-1-3-5-6/h1-5H.